The zero-order valence-electron chi connectivity index (χ0n) is 14.4. The second kappa shape index (κ2) is 9.12. The van der Waals surface area contributed by atoms with Crippen molar-refractivity contribution in [1.29, 1.82) is 0 Å². The Morgan fingerprint density at radius 3 is 2.54 bits per heavy atom. The van der Waals surface area contributed by atoms with Crippen LogP contribution in [0.5, 0.6) is 0 Å². The van der Waals surface area contributed by atoms with Gasteiger partial charge in [0.2, 0.25) is 5.96 Å². The van der Waals surface area contributed by atoms with Crippen LogP contribution in [0.1, 0.15) is 31.2 Å². The minimum atomic E-state index is -0.352. The normalized spacial score (nSPS) is 21.0. The molecule has 0 aliphatic heterocycles. The highest BCUT2D eigenvalue weighted by Gasteiger charge is 2.26. The number of nitrogens with two attached hydrogens (primary N) is 1. The molecule has 0 heterocycles. The fourth-order valence-corrected chi connectivity index (χ4v) is 3.04. The minimum absolute atomic E-state index is 0.158. The number of benzene rings is 1. The molecule has 2 rings (SSSR count). The van der Waals surface area contributed by atoms with Crippen LogP contribution in [0.3, 0.4) is 0 Å². The molecule has 7 heteroatoms. The predicted octanol–water partition coefficient (Wildman–Crippen LogP) is 1.60. The first kappa shape index (κ1) is 18.1. The summed E-state index contributed by atoms with van der Waals surface area (Å²) >= 11 is 0. The summed E-state index contributed by atoms with van der Waals surface area (Å²) in [5.74, 6) is 6.14. The molecule has 0 atom stereocenters. The first-order chi connectivity index (χ1) is 11.6. The Labute approximate surface area is 143 Å². The summed E-state index contributed by atoms with van der Waals surface area (Å²) < 4.78 is 5.27. The van der Waals surface area contributed by atoms with E-state index in [2.05, 4.69) is 20.6 Å². The third kappa shape index (κ3) is 5.13. The van der Waals surface area contributed by atoms with Crippen molar-refractivity contribution >= 4 is 12.1 Å². The molecule has 1 aromatic rings. The number of hydrazine groups is 1. The van der Waals surface area contributed by atoms with E-state index in [0.29, 0.717) is 18.6 Å². The van der Waals surface area contributed by atoms with Crippen molar-refractivity contribution in [3.05, 3.63) is 35.9 Å². The highest BCUT2D eigenvalue weighted by molar-refractivity contribution is 5.79. The van der Waals surface area contributed by atoms with E-state index in [1.54, 1.807) is 7.05 Å². The molecule has 0 unspecified atom stereocenters. The van der Waals surface area contributed by atoms with Crippen LogP contribution in [0, 0.1) is 0 Å². The Bertz CT molecular complexity index is 541. The van der Waals surface area contributed by atoms with Gasteiger partial charge in [0.1, 0.15) is 6.61 Å². The van der Waals surface area contributed by atoms with Gasteiger partial charge in [-0.05, 0) is 31.2 Å². The number of hydrogen-bond acceptors (Lipinski definition) is 4. The van der Waals surface area contributed by atoms with Gasteiger partial charge in [-0.25, -0.2) is 10.6 Å². The number of ether oxygens (including phenoxy) is 1. The van der Waals surface area contributed by atoms with Crippen LogP contribution in [-0.2, 0) is 11.3 Å². The number of carbonyl (C=O) groups excluding carboxylic acids is 1. The van der Waals surface area contributed by atoms with Crippen LogP contribution < -0.4 is 16.6 Å². The molecule has 1 saturated carbocycles. The molecule has 7 nitrogen and oxygen atoms in total. The van der Waals surface area contributed by atoms with Crippen LogP contribution in [0.15, 0.2) is 35.3 Å². The second-order valence-electron chi connectivity index (χ2n) is 6.01. The van der Waals surface area contributed by atoms with Crippen molar-refractivity contribution in [3.63, 3.8) is 0 Å². The van der Waals surface area contributed by atoms with Gasteiger partial charge in [-0.1, -0.05) is 30.3 Å². The lowest BCUT2D eigenvalue weighted by Gasteiger charge is -2.35. The predicted molar refractivity (Wildman–Crippen MR) is 94.3 cm³/mol. The van der Waals surface area contributed by atoms with Crippen molar-refractivity contribution in [3.8, 4) is 0 Å². The van der Waals surface area contributed by atoms with Crippen molar-refractivity contribution in [2.45, 2.75) is 44.4 Å². The van der Waals surface area contributed by atoms with Gasteiger partial charge in [0.05, 0.1) is 0 Å². The molecule has 1 fully saturated rings. The Balaban J connectivity index is 1.71. The number of hydrogen-bond donors (Lipinski definition) is 3. The zero-order chi connectivity index (χ0) is 17.4. The van der Waals surface area contributed by atoms with Crippen LogP contribution >= 0.6 is 0 Å². The largest absolute Gasteiger partial charge is 0.445 e. The van der Waals surface area contributed by atoms with Crippen molar-refractivity contribution in [1.82, 2.24) is 15.6 Å². The maximum atomic E-state index is 11.9. The second-order valence-corrected chi connectivity index (χ2v) is 6.01. The van der Waals surface area contributed by atoms with E-state index in [4.69, 9.17) is 10.6 Å². The summed E-state index contributed by atoms with van der Waals surface area (Å²) in [5.41, 5.74) is 3.60. The van der Waals surface area contributed by atoms with Gasteiger partial charge >= 0.3 is 6.09 Å². The average molecular weight is 333 g/mol. The van der Waals surface area contributed by atoms with Crippen molar-refractivity contribution in [2.75, 3.05) is 14.1 Å². The van der Waals surface area contributed by atoms with Crippen LogP contribution in [-0.4, -0.2) is 43.1 Å². The molecule has 1 aliphatic carbocycles. The van der Waals surface area contributed by atoms with E-state index in [1.807, 2.05) is 37.4 Å². The molecular weight excluding hydrogens is 306 g/mol. The van der Waals surface area contributed by atoms with Gasteiger partial charge in [-0.15, -0.1) is 0 Å². The topological polar surface area (TPSA) is 92.0 Å². The number of amides is 1. The lowest BCUT2D eigenvalue weighted by Crippen LogP contribution is -2.50. The highest BCUT2D eigenvalue weighted by atomic mass is 16.5. The van der Waals surface area contributed by atoms with Gasteiger partial charge in [-0.3, -0.25) is 10.4 Å². The van der Waals surface area contributed by atoms with E-state index in [9.17, 15) is 4.79 Å². The molecule has 0 spiro atoms. The highest BCUT2D eigenvalue weighted by Crippen LogP contribution is 2.22. The molecular formula is C17H27N5O2. The average Bonchev–Trinajstić information content (AvgIpc) is 2.62. The summed E-state index contributed by atoms with van der Waals surface area (Å²) in [5, 5.41) is 2.96. The quantitative estimate of drug-likeness (QED) is 0.337. The molecule has 1 amide bonds. The monoisotopic (exact) mass is 333 g/mol. The lowest BCUT2D eigenvalue weighted by atomic mass is 9.90. The maximum Gasteiger partial charge on any atom is 0.407 e. The third-order valence-electron chi connectivity index (χ3n) is 4.45. The number of carbonyl (C=O) groups is 1. The number of nitrogens with one attached hydrogen (secondary N) is 2. The van der Waals surface area contributed by atoms with E-state index in [-0.39, 0.29) is 12.1 Å². The summed E-state index contributed by atoms with van der Waals surface area (Å²) in [6.07, 6.45) is 3.42. The fourth-order valence-electron chi connectivity index (χ4n) is 3.04. The Morgan fingerprint density at radius 1 is 1.29 bits per heavy atom. The Hall–Kier alpha value is -2.28. The van der Waals surface area contributed by atoms with Gasteiger partial charge in [0.15, 0.2) is 0 Å². The number of alkyl carbamates (subject to hydrolysis) is 1. The van der Waals surface area contributed by atoms with Crippen molar-refractivity contribution in [2.24, 2.45) is 10.8 Å². The molecule has 0 bridgehead atoms. The van der Waals surface area contributed by atoms with Gasteiger partial charge in [0.25, 0.3) is 0 Å². The fraction of sp³-hybridized carbons (Fsp3) is 0.529. The summed E-state index contributed by atoms with van der Waals surface area (Å²) in [4.78, 5) is 18.1. The minimum Gasteiger partial charge on any atom is -0.445 e. The standard InChI is InChI=1S/C17H27N5O2/c1-19-16(21-18)22(2)15-10-8-14(9-11-15)20-17(23)24-12-13-6-4-3-5-7-13/h3-7,14-15H,8-12,18H2,1-2H3,(H,19,21)(H,20,23). The number of aliphatic imine (C=N–C) groups is 1. The summed E-state index contributed by atoms with van der Waals surface area (Å²) in [6, 6.07) is 10.2. The molecule has 0 aromatic heterocycles. The van der Waals surface area contributed by atoms with E-state index in [0.717, 1.165) is 31.2 Å². The van der Waals surface area contributed by atoms with E-state index >= 15 is 0 Å². The van der Waals surface area contributed by atoms with Crippen LogP contribution in [0.2, 0.25) is 0 Å². The van der Waals surface area contributed by atoms with Crippen LogP contribution in [0.25, 0.3) is 0 Å². The number of guanidine groups is 1. The first-order valence-corrected chi connectivity index (χ1v) is 8.27. The molecule has 1 aromatic carbocycles. The molecule has 0 radical (unpaired) electrons. The number of nitrogens with zero attached hydrogens (tertiary/aromatic N) is 2. The molecule has 1 aliphatic rings. The first-order valence-electron chi connectivity index (χ1n) is 8.27. The molecule has 4 N–H and O–H groups in total. The third-order valence-corrected chi connectivity index (χ3v) is 4.45. The van der Waals surface area contributed by atoms with Gasteiger partial charge in [0, 0.05) is 26.2 Å². The molecule has 132 valence electrons. The summed E-state index contributed by atoms with van der Waals surface area (Å²) in [7, 11) is 3.69. The van der Waals surface area contributed by atoms with Gasteiger partial charge < -0.3 is 15.0 Å². The lowest BCUT2D eigenvalue weighted by molar-refractivity contribution is 0.130. The smallest absolute Gasteiger partial charge is 0.407 e. The van der Waals surface area contributed by atoms with Crippen molar-refractivity contribution < 1.29 is 9.53 Å². The van der Waals surface area contributed by atoms with E-state index < -0.39 is 0 Å². The SMILES string of the molecule is CN=C(NN)N(C)C1CCC(NC(=O)OCc2ccccc2)CC1. The number of rotatable bonds is 4. The Morgan fingerprint density at radius 2 is 1.96 bits per heavy atom. The maximum absolute atomic E-state index is 11.9. The molecule has 0 saturated heterocycles. The zero-order valence-corrected chi connectivity index (χ0v) is 14.4. The molecule has 24 heavy (non-hydrogen) atoms. The van der Waals surface area contributed by atoms with Crippen LogP contribution in [0.4, 0.5) is 4.79 Å². The Kier molecular flexibility index (Phi) is 6.87. The van der Waals surface area contributed by atoms with Gasteiger partial charge in [-0.2, -0.15) is 0 Å². The van der Waals surface area contributed by atoms with E-state index in [1.165, 1.54) is 0 Å². The summed E-state index contributed by atoms with van der Waals surface area (Å²) in [6.45, 7) is 0.295.